The molecule has 2 aliphatic heterocycles. The summed E-state index contributed by atoms with van der Waals surface area (Å²) in [6.45, 7) is 13.6. The first-order valence-corrected chi connectivity index (χ1v) is 19.4. The number of benzene rings is 1. The predicted octanol–water partition coefficient (Wildman–Crippen LogP) is 5.82. The molecule has 14 heteroatoms. The Bertz CT molecular complexity index is 1710. The van der Waals surface area contributed by atoms with Gasteiger partial charge in [0.15, 0.2) is 29.6 Å². The minimum Gasteiger partial charge on any atom is -0.457 e. The second-order valence-electron chi connectivity index (χ2n) is 15.7. The summed E-state index contributed by atoms with van der Waals surface area (Å²) in [5, 5.41) is 0. The number of cyclic esters (lactones) is 1. The lowest BCUT2D eigenvalue weighted by Crippen LogP contribution is -2.60. The minimum absolute atomic E-state index is 0.0807. The number of carbonyl (C=O) groups excluding carboxylic acids is 5. The molecule has 0 bridgehead atoms. The average Bonchev–Trinajstić information content (AvgIpc) is 3.73. The number of rotatable bonds is 9. The van der Waals surface area contributed by atoms with Gasteiger partial charge >= 0.3 is 18.0 Å². The van der Waals surface area contributed by atoms with E-state index in [1.165, 1.54) is 32.8 Å². The van der Waals surface area contributed by atoms with Crippen LogP contribution in [0.3, 0.4) is 0 Å². The van der Waals surface area contributed by atoms with E-state index in [9.17, 15) is 24.0 Å². The number of methoxy groups -OCH3 is 1. The lowest BCUT2D eigenvalue weighted by atomic mass is 9.76. The lowest BCUT2D eigenvalue weighted by molar-refractivity contribution is -0.294. The van der Waals surface area contributed by atoms with Crippen molar-refractivity contribution in [2.24, 2.45) is 17.8 Å². The van der Waals surface area contributed by atoms with E-state index in [2.05, 4.69) is 4.98 Å². The van der Waals surface area contributed by atoms with Crippen molar-refractivity contribution in [3.8, 4) is 0 Å². The molecule has 1 aromatic heterocycles. The molecule has 11 atom stereocenters. The third-order valence-corrected chi connectivity index (χ3v) is 11.1. The SMILES string of the molecule is CC/C1=C\[C@](C)(OC(=O)n2ccnc2)[C@@H](CC)OC(=O)[C@H](C)C(=O)[C@H](C)[C@@H](O[C@@H]2O[C@H](C)C[C@H](N(C)C)[C@H]2OC(=O)c2ccccc2)[C@@](C)(OC)C[C@@H](C)C1=O. The molecule has 3 heterocycles. The summed E-state index contributed by atoms with van der Waals surface area (Å²) in [7, 11) is 5.23. The Morgan fingerprint density at radius 1 is 1.04 bits per heavy atom. The lowest BCUT2D eigenvalue weighted by Gasteiger charge is -2.47. The molecule has 1 aromatic carbocycles. The maximum Gasteiger partial charge on any atom is 0.420 e. The number of imidazole rings is 1. The Morgan fingerprint density at radius 3 is 2.29 bits per heavy atom. The number of hydrogen-bond acceptors (Lipinski definition) is 13. The van der Waals surface area contributed by atoms with Crippen molar-refractivity contribution < 1.29 is 52.4 Å². The summed E-state index contributed by atoms with van der Waals surface area (Å²) >= 11 is 0. The molecule has 14 nitrogen and oxygen atoms in total. The fourth-order valence-electron chi connectivity index (χ4n) is 7.80. The molecule has 0 amide bonds. The monoisotopic (exact) mass is 781 g/mol. The van der Waals surface area contributed by atoms with E-state index < -0.39 is 77.4 Å². The van der Waals surface area contributed by atoms with Crippen molar-refractivity contribution in [1.82, 2.24) is 14.5 Å². The van der Waals surface area contributed by atoms with Gasteiger partial charge in [0.2, 0.25) is 0 Å². The van der Waals surface area contributed by atoms with Crippen LogP contribution in [0.25, 0.3) is 0 Å². The summed E-state index contributed by atoms with van der Waals surface area (Å²) in [6, 6.07) is 8.26. The van der Waals surface area contributed by atoms with Crippen LogP contribution in [0.2, 0.25) is 0 Å². The number of carbonyl (C=O) groups is 5. The van der Waals surface area contributed by atoms with Gasteiger partial charge in [-0.05, 0) is 91.3 Å². The molecule has 1 saturated heterocycles. The summed E-state index contributed by atoms with van der Waals surface area (Å²) in [5.74, 6) is -5.18. The predicted molar refractivity (Wildman–Crippen MR) is 206 cm³/mol. The van der Waals surface area contributed by atoms with E-state index in [4.69, 9.17) is 28.4 Å². The van der Waals surface area contributed by atoms with Crippen molar-refractivity contribution in [2.45, 2.75) is 129 Å². The van der Waals surface area contributed by atoms with Gasteiger partial charge in [0, 0.05) is 31.3 Å². The van der Waals surface area contributed by atoms with Crippen LogP contribution in [0, 0.1) is 17.8 Å². The third kappa shape index (κ3) is 10.0. The van der Waals surface area contributed by atoms with Crippen molar-refractivity contribution in [3.05, 3.63) is 66.3 Å². The molecule has 56 heavy (non-hydrogen) atoms. The highest BCUT2D eigenvalue weighted by Gasteiger charge is 2.51. The standard InChI is InChI=1S/C42H59N3O11/c1-12-29-23-41(7,56-40(50)45-20-19-43-24-45)32(13-2)53-37(48)28(6)34(47)27(5)36(42(8,51-11)22-25(3)33(29)46)55-39-35(31(44(9)10)21-26(4)52-39)54-38(49)30-17-15-14-16-18-30/h14-20,23-28,31-32,35-36,39H,12-13,21-22H2,1-11H3/b29-23+/t25-,26-,27+,28-,31+,32-,35-,36-,39+,41+,42+/m1/s1. The van der Waals surface area contributed by atoms with Crippen LogP contribution >= 0.6 is 0 Å². The van der Waals surface area contributed by atoms with Gasteiger partial charge in [-0.25, -0.2) is 19.1 Å². The number of aromatic nitrogens is 2. The zero-order valence-corrected chi connectivity index (χ0v) is 34.6. The van der Waals surface area contributed by atoms with E-state index in [0.717, 1.165) is 4.57 Å². The van der Waals surface area contributed by atoms with Gasteiger partial charge in [0.1, 0.15) is 18.3 Å². The summed E-state index contributed by atoms with van der Waals surface area (Å²) in [4.78, 5) is 75.4. The normalized spacial score (nSPS) is 34.5. The van der Waals surface area contributed by atoms with Gasteiger partial charge < -0.3 is 33.3 Å². The molecule has 4 rings (SSSR count). The van der Waals surface area contributed by atoms with E-state index in [1.807, 2.05) is 32.8 Å². The smallest absolute Gasteiger partial charge is 0.420 e. The number of esters is 2. The summed E-state index contributed by atoms with van der Waals surface area (Å²) in [6.07, 6.45) is 1.33. The van der Waals surface area contributed by atoms with E-state index in [-0.39, 0.29) is 37.2 Å². The summed E-state index contributed by atoms with van der Waals surface area (Å²) < 4.78 is 38.7. The second kappa shape index (κ2) is 18.8. The Labute approximate surface area is 330 Å². The highest BCUT2D eigenvalue weighted by molar-refractivity contribution is 6.00. The van der Waals surface area contributed by atoms with Gasteiger partial charge in [-0.1, -0.05) is 45.9 Å². The number of hydrogen-bond donors (Lipinski definition) is 0. The number of nitrogens with zero attached hydrogens (tertiary/aromatic N) is 3. The summed E-state index contributed by atoms with van der Waals surface area (Å²) in [5.41, 5.74) is -2.23. The molecule has 0 saturated carbocycles. The van der Waals surface area contributed by atoms with Gasteiger partial charge in [-0.3, -0.25) is 14.4 Å². The zero-order valence-electron chi connectivity index (χ0n) is 34.6. The third-order valence-electron chi connectivity index (χ3n) is 11.1. The Morgan fingerprint density at radius 2 is 1.71 bits per heavy atom. The zero-order chi connectivity index (χ0) is 41.5. The first-order valence-electron chi connectivity index (χ1n) is 19.4. The molecule has 0 unspecified atom stereocenters. The van der Waals surface area contributed by atoms with E-state index >= 15 is 0 Å². The van der Waals surface area contributed by atoms with Gasteiger partial charge in [0.25, 0.3) is 0 Å². The van der Waals surface area contributed by atoms with Gasteiger partial charge in [-0.15, -0.1) is 0 Å². The molecule has 2 aromatic rings. The van der Waals surface area contributed by atoms with E-state index in [0.29, 0.717) is 17.6 Å². The Balaban J connectivity index is 1.80. The fourth-order valence-corrected chi connectivity index (χ4v) is 7.80. The molecule has 0 spiro atoms. The number of ether oxygens (including phenoxy) is 6. The molecule has 2 aliphatic rings. The number of allylic oxidation sites excluding steroid dienone is 1. The highest BCUT2D eigenvalue weighted by atomic mass is 16.7. The van der Waals surface area contributed by atoms with Crippen molar-refractivity contribution in [3.63, 3.8) is 0 Å². The Hall–Kier alpha value is -4.24. The molecular weight excluding hydrogens is 722 g/mol. The van der Waals surface area contributed by atoms with Crippen molar-refractivity contribution in [2.75, 3.05) is 21.2 Å². The van der Waals surface area contributed by atoms with Crippen molar-refractivity contribution >= 4 is 29.6 Å². The highest BCUT2D eigenvalue weighted by Crippen LogP contribution is 2.38. The molecule has 1 fully saturated rings. The quantitative estimate of drug-likeness (QED) is 0.170. The van der Waals surface area contributed by atoms with Crippen LogP contribution < -0.4 is 0 Å². The topological polar surface area (TPSA) is 162 Å². The van der Waals surface area contributed by atoms with Crippen LogP contribution in [0.15, 0.2) is 60.7 Å². The Kier molecular flexibility index (Phi) is 14.9. The van der Waals surface area contributed by atoms with Crippen LogP contribution in [0.4, 0.5) is 4.79 Å². The maximum absolute atomic E-state index is 14.5. The fraction of sp³-hybridized carbons (Fsp3) is 0.619. The van der Waals surface area contributed by atoms with Gasteiger partial charge in [-0.2, -0.15) is 0 Å². The molecule has 0 radical (unpaired) electrons. The largest absolute Gasteiger partial charge is 0.457 e. The van der Waals surface area contributed by atoms with Crippen LogP contribution in [-0.4, -0.2) is 113 Å². The van der Waals surface area contributed by atoms with Crippen LogP contribution in [0.5, 0.6) is 0 Å². The van der Waals surface area contributed by atoms with Crippen LogP contribution in [0.1, 0.15) is 91.4 Å². The molecule has 0 N–H and O–H groups in total. The van der Waals surface area contributed by atoms with Crippen molar-refractivity contribution in [1.29, 1.82) is 0 Å². The molecule has 308 valence electrons. The average molecular weight is 782 g/mol. The molecular formula is C42H59N3O11. The first-order chi connectivity index (χ1) is 26.4. The first kappa shape index (κ1) is 44.5. The molecule has 0 aliphatic carbocycles. The maximum atomic E-state index is 14.5. The van der Waals surface area contributed by atoms with Crippen LogP contribution in [-0.2, 0) is 42.8 Å². The van der Waals surface area contributed by atoms with Gasteiger partial charge in [0.05, 0.1) is 29.4 Å². The minimum atomic E-state index is -1.61. The van der Waals surface area contributed by atoms with E-state index in [1.54, 1.807) is 71.0 Å². The number of ketones is 2. The number of likely N-dealkylation sites (N-methyl/N-ethyl adjacent to an activating group) is 1. The number of Topliss-reactive ketones (excluding diaryl/α,β-unsaturated/α-hetero) is 2. The second-order valence-corrected chi connectivity index (χ2v) is 15.7.